The Kier molecular flexibility index (Phi) is 5.68. The van der Waals surface area contributed by atoms with Crippen LogP contribution in [0.15, 0.2) is 68.7 Å². The third-order valence-electron chi connectivity index (χ3n) is 4.92. The summed E-state index contributed by atoms with van der Waals surface area (Å²) in [5.74, 6) is 0.541. The number of aromatic hydroxyl groups is 1. The molecule has 166 valence electrons. The SMILES string of the molecule is COc1ccc([C@H]2C=C(c3c(O)cc(C)oc3=O)Nc3cc(C(F)(F)F)ccc3S2)cc1. The van der Waals surface area contributed by atoms with Crippen LogP contribution in [0.1, 0.15) is 27.7 Å². The summed E-state index contributed by atoms with van der Waals surface area (Å²) >= 11 is 1.32. The molecule has 9 heteroatoms. The molecule has 0 saturated carbocycles. The number of methoxy groups -OCH3 is 1. The second-order valence-corrected chi connectivity index (χ2v) is 8.31. The van der Waals surface area contributed by atoms with Gasteiger partial charge in [-0.2, -0.15) is 13.2 Å². The number of alkyl halides is 3. The Morgan fingerprint density at radius 1 is 1.12 bits per heavy atom. The molecule has 3 aromatic rings. The van der Waals surface area contributed by atoms with E-state index >= 15 is 0 Å². The Morgan fingerprint density at radius 3 is 2.47 bits per heavy atom. The molecule has 2 heterocycles. The first-order valence-electron chi connectivity index (χ1n) is 9.50. The molecule has 5 nitrogen and oxygen atoms in total. The van der Waals surface area contributed by atoms with Crippen molar-refractivity contribution in [1.29, 1.82) is 0 Å². The number of hydrogen-bond acceptors (Lipinski definition) is 6. The van der Waals surface area contributed by atoms with Crippen LogP contribution in [0.3, 0.4) is 0 Å². The quantitative estimate of drug-likeness (QED) is 0.500. The molecule has 0 unspecified atom stereocenters. The van der Waals surface area contributed by atoms with E-state index < -0.39 is 17.4 Å². The highest BCUT2D eigenvalue weighted by Crippen LogP contribution is 2.46. The van der Waals surface area contributed by atoms with Crippen molar-refractivity contribution in [2.75, 3.05) is 12.4 Å². The van der Waals surface area contributed by atoms with Crippen molar-refractivity contribution in [3.8, 4) is 11.5 Å². The molecule has 2 N–H and O–H groups in total. The largest absolute Gasteiger partial charge is 0.507 e. The summed E-state index contributed by atoms with van der Waals surface area (Å²) in [6.45, 7) is 1.51. The van der Waals surface area contributed by atoms with Crippen LogP contribution in [0.5, 0.6) is 11.5 Å². The van der Waals surface area contributed by atoms with Gasteiger partial charge in [0.1, 0.15) is 22.8 Å². The fourth-order valence-electron chi connectivity index (χ4n) is 3.36. The average molecular weight is 461 g/mol. The number of rotatable bonds is 3. The molecule has 2 aromatic carbocycles. The second kappa shape index (κ2) is 8.31. The molecular weight excluding hydrogens is 443 g/mol. The minimum absolute atomic E-state index is 0.153. The van der Waals surface area contributed by atoms with E-state index in [0.29, 0.717) is 10.6 Å². The second-order valence-electron chi connectivity index (χ2n) is 7.13. The topological polar surface area (TPSA) is 71.7 Å². The van der Waals surface area contributed by atoms with Gasteiger partial charge in [0.2, 0.25) is 0 Å². The van der Waals surface area contributed by atoms with Gasteiger partial charge in [0.25, 0.3) is 0 Å². The summed E-state index contributed by atoms with van der Waals surface area (Å²) < 4.78 is 50.2. The highest BCUT2D eigenvalue weighted by Gasteiger charge is 2.32. The molecule has 0 aliphatic carbocycles. The number of fused-ring (bicyclic) bond motifs is 1. The van der Waals surface area contributed by atoms with E-state index in [1.165, 1.54) is 30.8 Å². The normalized spacial score (nSPS) is 15.9. The van der Waals surface area contributed by atoms with Gasteiger partial charge >= 0.3 is 11.8 Å². The lowest BCUT2D eigenvalue weighted by Gasteiger charge is -2.15. The van der Waals surface area contributed by atoms with Crippen LogP contribution in [0.2, 0.25) is 0 Å². The molecule has 0 spiro atoms. The van der Waals surface area contributed by atoms with Crippen LogP contribution in [0, 0.1) is 6.92 Å². The first kappa shape index (κ1) is 21.9. The molecule has 1 aromatic heterocycles. The van der Waals surface area contributed by atoms with Gasteiger partial charge in [-0.25, -0.2) is 4.79 Å². The van der Waals surface area contributed by atoms with E-state index in [9.17, 15) is 23.1 Å². The Hall–Kier alpha value is -3.33. The Labute approximate surface area is 185 Å². The van der Waals surface area contributed by atoms with Gasteiger partial charge < -0.3 is 19.6 Å². The van der Waals surface area contributed by atoms with Crippen molar-refractivity contribution < 1.29 is 27.4 Å². The number of hydrogen-bond donors (Lipinski definition) is 2. The van der Waals surface area contributed by atoms with Crippen molar-refractivity contribution in [2.24, 2.45) is 0 Å². The number of thioether (sulfide) groups is 1. The molecule has 0 amide bonds. The van der Waals surface area contributed by atoms with Crippen LogP contribution >= 0.6 is 11.8 Å². The molecule has 0 saturated heterocycles. The van der Waals surface area contributed by atoms with Gasteiger partial charge in [-0.1, -0.05) is 12.1 Å². The summed E-state index contributed by atoms with van der Waals surface area (Å²) in [6.07, 6.45) is -2.85. The minimum atomic E-state index is -4.53. The molecular formula is C23H18F3NO4S. The molecule has 0 radical (unpaired) electrons. The van der Waals surface area contributed by atoms with Crippen LogP contribution in [0.25, 0.3) is 5.70 Å². The van der Waals surface area contributed by atoms with Gasteiger partial charge in [0.05, 0.1) is 29.3 Å². The number of aryl methyl sites for hydroxylation is 1. The van der Waals surface area contributed by atoms with Gasteiger partial charge in [0, 0.05) is 11.0 Å². The van der Waals surface area contributed by atoms with Gasteiger partial charge in [-0.05, 0) is 48.9 Å². The van der Waals surface area contributed by atoms with E-state index in [2.05, 4.69) is 5.32 Å². The lowest BCUT2D eigenvalue weighted by molar-refractivity contribution is -0.137. The standard InChI is InChI=1S/C23H18F3NO4S/c1-12-9-18(28)21(22(29)31-12)17-11-20(13-3-6-15(30-2)7-4-13)32-19-8-5-14(23(24,25)26)10-16(19)27-17/h3-11,20,27-28H,1-2H3/t20-/m1/s1. The van der Waals surface area contributed by atoms with E-state index in [1.807, 2.05) is 12.1 Å². The summed E-state index contributed by atoms with van der Waals surface area (Å²) in [6, 6.07) is 11.9. The summed E-state index contributed by atoms with van der Waals surface area (Å²) in [5, 5.41) is 13.0. The Bertz CT molecular complexity index is 1250. The minimum Gasteiger partial charge on any atom is -0.507 e. The monoisotopic (exact) mass is 461 g/mol. The molecule has 1 aliphatic rings. The Morgan fingerprint density at radius 2 is 1.84 bits per heavy atom. The summed E-state index contributed by atoms with van der Waals surface area (Å²) in [7, 11) is 1.55. The van der Waals surface area contributed by atoms with Crippen molar-refractivity contribution >= 4 is 23.1 Å². The van der Waals surface area contributed by atoms with Gasteiger partial charge in [-0.3, -0.25) is 0 Å². The Balaban J connectivity index is 1.88. The third kappa shape index (κ3) is 4.34. The lowest BCUT2D eigenvalue weighted by atomic mass is 10.1. The van der Waals surface area contributed by atoms with E-state index in [-0.39, 0.29) is 33.7 Å². The molecule has 4 rings (SSSR count). The predicted molar refractivity (Wildman–Crippen MR) is 116 cm³/mol. The number of halogens is 3. The molecule has 1 atom stereocenters. The maximum absolute atomic E-state index is 13.3. The zero-order valence-electron chi connectivity index (χ0n) is 17.0. The molecule has 0 bridgehead atoms. The smallest absolute Gasteiger partial charge is 0.416 e. The van der Waals surface area contributed by atoms with E-state index in [4.69, 9.17) is 9.15 Å². The molecule has 1 aliphatic heterocycles. The zero-order chi connectivity index (χ0) is 23.0. The maximum atomic E-state index is 13.3. The highest BCUT2D eigenvalue weighted by molar-refractivity contribution is 7.99. The van der Waals surface area contributed by atoms with E-state index in [1.54, 1.807) is 25.3 Å². The van der Waals surface area contributed by atoms with Crippen LogP contribution in [-0.2, 0) is 6.18 Å². The number of ether oxygens (including phenoxy) is 1. The van der Waals surface area contributed by atoms with Crippen LogP contribution < -0.4 is 15.7 Å². The first-order valence-corrected chi connectivity index (χ1v) is 10.4. The van der Waals surface area contributed by atoms with Crippen molar-refractivity contribution in [3.63, 3.8) is 0 Å². The molecule has 32 heavy (non-hydrogen) atoms. The zero-order valence-corrected chi connectivity index (χ0v) is 17.8. The van der Waals surface area contributed by atoms with Crippen molar-refractivity contribution in [3.05, 3.63) is 87.5 Å². The molecule has 0 fully saturated rings. The third-order valence-corrected chi connectivity index (χ3v) is 6.19. The van der Waals surface area contributed by atoms with Crippen LogP contribution in [0.4, 0.5) is 18.9 Å². The fraction of sp³-hybridized carbons (Fsp3) is 0.174. The first-order chi connectivity index (χ1) is 15.2. The number of benzene rings is 2. The van der Waals surface area contributed by atoms with E-state index in [0.717, 1.165) is 17.7 Å². The number of nitrogens with one attached hydrogen (secondary N) is 1. The number of anilines is 1. The van der Waals surface area contributed by atoms with Crippen molar-refractivity contribution in [2.45, 2.75) is 23.2 Å². The van der Waals surface area contributed by atoms with Gasteiger partial charge in [-0.15, -0.1) is 11.8 Å². The average Bonchev–Trinajstić information content (AvgIpc) is 2.91. The lowest BCUT2D eigenvalue weighted by Crippen LogP contribution is -2.13. The van der Waals surface area contributed by atoms with Crippen LogP contribution in [-0.4, -0.2) is 12.2 Å². The summed E-state index contributed by atoms with van der Waals surface area (Å²) in [4.78, 5) is 13.1. The maximum Gasteiger partial charge on any atom is 0.416 e. The van der Waals surface area contributed by atoms with Gasteiger partial charge in [0.15, 0.2) is 0 Å². The highest BCUT2D eigenvalue weighted by atomic mass is 32.2. The fourth-order valence-corrected chi connectivity index (χ4v) is 4.52. The summed E-state index contributed by atoms with van der Waals surface area (Å²) in [5.41, 5.74) is -0.616. The van der Waals surface area contributed by atoms with Crippen molar-refractivity contribution in [1.82, 2.24) is 0 Å². The predicted octanol–water partition coefficient (Wildman–Crippen LogP) is 5.98.